The Bertz CT molecular complexity index is 6150. The van der Waals surface area contributed by atoms with Crippen molar-refractivity contribution in [1.82, 2.24) is 0 Å². The third-order valence-electron chi connectivity index (χ3n) is 34.2. The van der Waals surface area contributed by atoms with Crippen LogP contribution in [0.15, 0.2) is 72.8 Å². The Hall–Kier alpha value is -7.89. The molecule has 5 aromatic rings. The first-order valence-electron chi connectivity index (χ1n) is 56.6. The van der Waals surface area contributed by atoms with E-state index in [1.165, 1.54) is 0 Å². The smallest absolute Gasteiger partial charge is 0.127 e. The fourth-order valence-electron chi connectivity index (χ4n) is 26.6. The Morgan fingerprint density at radius 3 is 0.315 bits per heavy atom. The predicted molar refractivity (Wildman–Crippen MR) is 680 cm³/mol. The molecule has 0 heterocycles. The van der Waals surface area contributed by atoms with Crippen LogP contribution in [0.1, 0.15) is 432 Å². The lowest BCUT2D eigenvalue weighted by molar-refractivity contribution is 0.838. The lowest BCUT2D eigenvalue weighted by atomic mass is 9.95. The van der Waals surface area contributed by atoms with Gasteiger partial charge in [-0.1, -0.05) is 478 Å². The molecule has 5 aromatic carbocycles. The van der Waals surface area contributed by atoms with Gasteiger partial charge in [0.1, 0.15) is 80.7 Å². The highest BCUT2D eigenvalue weighted by Gasteiger charge is 2.49. The number of hydrogen-bond acceptors (Lipinski definition) is 0. The summed E-state index contributed by atoms with van der Waals surface area (Å²) < 4.78 is 0. The van der Waals surface area contributed by atoms with Crippen LogP contribution >= 0.6 is 0 Å². The minimum absolute atomic E-state index is 0.359. The second-order valence-corrected chi connectivity index (χ2v) is 107. The molecular weight excluding hydrogens is 1910 g/mol. The molecular formula is C136H198Si10. The summed E-state index contributed by atoms with van der Waals surface area (Å²) in [6.45, 7) is 130. The van der Waals surface area contributed by atoms with Crippen LogP contribution in [0.25, 0.3) is 0 Å². The maximum Gasteiger partial charge on any atom is 0.146 e. The van der Waals surface area contributed by atoms with Crippen LogP contribution in [0.5, 0.6) is 0 Å². The average Bonchev–Trinajstić information content (AvgIpc) is 0.784. The largest absolute Gasteiger partial charge is 0.146 e. The van der Waals surface area contributed by atoms with E-state index in [4.69, 9.17) is 0 Å². The van der Waals surface area contributed by atoms with Gasteiger partial charge in [0.2, 0.25) is 0 Å². The molecule has 0 atom stereocenters. The van der Waals surface area contributed by atoms with Crippen LogP contribution in [0.4, 0.5) is 0 Å². The first kappa shape index (κ1) is 129. The van der Waals surface area contributed by atoms with Crippen molar-refractivity contribution in [3.63, 3.8) is 0 Å². The molecule has 0 fully saturated rings. The van der Waals surface area contributed by atoms with E-state index < -0.39 is 80.7 Å². The molecule has 0 aliphatic carbocycles. The monoisotopic (exact) mass is 2110 g/mol. The molecule has 0 saturated heterocycles. The first-order valence-corrected chi connectivity index (χ1v) is 81.4. The molecule has 0 nitrogen and oxygen atoms in total. The van der Waals surface area contributed by atoms with Gasteiger partial charge in [0.05, 0.1) is 0 Å². The van der Waals surface area contributed by atoms with Crippen LogP contribution in [0.3, 0.4) is 0 Å². The molecule has 782 valence electrons. The Kier molecular flexibility index (Phi) is 47.0. The second-order valence-electron chi connectivity index (χ2n) is 52.5. The molecule has 0 bridgehead atoms. The number of rotatable bonds is 24. The molecule has 0 aliphatic rings. The molecule has 0 aromatic heterocycles. The van der Waals surface area contributed by atoms with Crippen LogP contribution in [0.2, 0.25) is 172 Å². The van der Waals surface area contributed by atoms with Crippen LogP contribution in [-0.2, 0) is 0 Å². The Balaban J connectivity index is 2.44. The van der Waals surface area contributed by atoms with Crippen LogP contribution in [0, 0.1) is 162 Å². The zero-order chi connectivity index (χ0) is 112. The molecule has 0 spiro atoms. The van der Waals surface area contributed by atoms with Gasteiger partial charge in [-0.05, 0) is 206 Å². The van der Waals surface area contributed by atoms with Gasteiger partial charge in [-0.3, -0.25) is 0 Å². The molecule has 0 N–H and O–H groups in total. The van der Waals surface area contributed by atoms with Crippen molar-refractivity contribution in [3.05, 3.63) is 173 Å². The van der Waals surface area contributed by atoms with Gasteiger partial charge in [0, 0.05) is 100 Å². The molecule has 0 radical (unpaired) electrons. The Morgan fingerprint density at radius 2 is 0.205 bits per heavy atom. The third-order valence-corrected chi connectivity index (χ3v) is 86.3. The van der Waals surface area contributed by atoms with Crippen molar-refractivity contribution in [2.75, 3.05) is 0 Å². The normalized spacial score (nSPS) is 12.5. The van der Waals surface area contributed by atoms with Crippen molar-refractivity contribution in [1.29, 1.82) is 0 Å². The average molecular weight is 2110 g/mol. The van der Waals surface area contributed by atoms with Crippen LogP contribution in [-0.4, -0.2) is 80.7 Å². The van der Waals surface area contributed by atoms with E-state index in [0.717, 1.165) is 100 Å². The van der Waals surface area contributed by atoms with Gasteiger partial charge in [-0.15, -0.1) is 55.4 Å². The molecule has 146 heavy (non-hydrogen) atoms. The maximum atomic E-state index is 4.27. The van der Waals surface area contributed by atoms with Crippen LogP contribution < -0.4 is 0 Å². The third kappa shape index (κ3) is 29.5. The molecule has 10 heteroatoms. The summed E-state index contributed by atoms with van der Waals surface area (Å²) in [6.07, 6.45) is 0. The van der Waals surface area contributed by atoms with Crippen molar-refractivity contribution in [3.8, 4) is 162 Å². The minimum atomic E-state index is -2.45. The van der Waals surface area contributed by atoms with E-state index in [1.807, 2.05) is 0 Å². The molecule has 0 amide bonds. The van der Waals surface area contributed by atoms with Gasteiger partial charge < -0.3 is 0 Å². The molecule has 0 unspecified atom stereocenters. The molecule has 0 aliphatic heterocycles. The van der Waals surface area contributed by atoms with E-state index >= 15 is 0 Å². The standard InChI is InChI=1S/C136H198Si10/c1-95(2)139(96(3)4,97(5)6)79-69-129-88-122(130(70-80-140(98(7)8,99(9)10)100(11)12)87-121(129)60-59-119-55-57-120(58-56-119)67-77-137(49,50)51)61-62-123-89-132(72-82-142(104(19)20,105(21)22)106(23)24)124(90-131(123)71-81-141(101(13)14,102(15)16)103(17)18)63-64-125-91-134(74-84-144(110(31)32,111(33)34)112(35)36)126(92-133(125)73-83-143(107(25)26,108(27)28)109(29)30)65-66-127-93-136(76-86-146(116(43)44,117(45)46)118(47)48)128(68-78-138(52,53)54)94-135(127)75-85-145(113(37)38,114(39)40)115(41)42/h55-58,87-118H,1-54H3. The van der Waals surface area contributed by atoms with Crippen molar-refractivity contribution in [2.24, 2.45) is 0 Å². The maximum absolute atomic E-state index is 4.27. The van der Waals surface area contributed by atoms with Gasteiger partial charge >= 0.3 is 0 Å². The SMILES string of the molecule is CC(C)[Si](C#Cc1cc(C#Cc2cc(C#C[Si](C(C)C)(C(C)C)C(C)C)c(C#Cc3cc(C#C[Si](C(C)C)(C(C)C)C(C)C)c(C#Cc4cc(C#C[Si](C(C)C)(C(C)C)C(C)C)c(C#C[Si](C)(C)C)cc4C#C[Si](C(C)C)(C(C)C)C(C)C)cc3C#C[Si](C(C)C)(C(C)C)C(C)C)cc2C#C[Si](C(C)C)(C(C)C)C(C)C)c(C#C[Si](C(C)C)(C(C)C)C(C)C)cc1C#Cc1ccc(C#C[Si](C)(C)C)cc1)(C(C)C)C(C)C. The number of benzene rings is 5. The highest BCUT2D eigenvalue weighted by atomic mass is 28.3. The quantitative estimate of drug-likeness (QED) is 0.0427. The summed E-state index contributed by atoms with van der Waals surface area (Å²) in [4.78, 5) is 0. The lowest BCUT2D eigenvalue weighted by Gasteiger charge is -2.38. The van der Waals surface area contributed by atoms with Gasteiger partial charge in [-0.25, -0.2) is 0 Å². The van der Waals surface area contributed by atoms with Crippen molar-refractivity contribution < 1.29 is 0 Å². The summed E-state index contributed by atoms with van der Waals surface area (Å²) >= 11 is 0. The highest BCUT2D eigenvalue weighted by Crippen LogP contribution is 2.49. The van der Waals surface area contributed by atoms with Crippen molar-refractivity contribution >= 4 is 80.7 Å². The second kappa shape index (κ2) is 53.4. The topological polar surface area (TPSA) is 0 Å². The fourth-order valence-corrected chi connectivity index (χ4v) is 69.4. The van der Waals surface area contributed by atoms with E-state index in [1.54, 1.807) is 0 Å². The summed E-state index contributed by atoms with van der Waals surface area (Å²) in [5.41, 5.74) is 66.1. The number of hydrogen-bond donors (Lipinski definition) is 0. The minimum Gasteiger partial charge on any atom is -0.127 e. The fraction of sp³-hybridized carbons (Fsp3) is 0.574. The summed E-state index contributed by atoms with van der Waals surface area (Å²) in [6, 6.07) is 26.6. The predicted octanol–water partition coefficient (Wildman–Crippen LogP) is 38.3. The first-order chi connectivity index (χ1) is 67.4. The summed E-state index contributed by atoms with van der Waals surface area (Å²) in [5.74, 6) is 71.2. The molecule has 5 rings (SSSR count). The Labute approximate surface area is 912 Å². The summed E-state index contributed by atoms with van der Waals surface area (Å²) in [5, 5.41) is 0. The summed E-state index contributed by atoms with van der Waals surface area (Å²) in [7, 11) is -22.5. The van der Waals surface area contributed by atoms with E-state index in [0.29, 0.717) is 133 Å². The zero-order valence-electron chi connectivity index (χ0n) is 103. The van der Waals surface area contributed by atoms with Gasteiger partial charge in [-0.2, -0.15) is 0 Å². The van der Waals surface area contributed by atoms with Gasteiger partial charge in [0.15, 0.2) is 0 Å². The van der Waals surface area contributed by atoms with Gasteiger partial charge in [0.25, 0.3) is 0 Å². The zero-order valence-corrected chi connectivity index (χ0v) is 113. The van der Waals surface area contributed by atoms with Crippen molar-refractivity contribution in [2.45, 2.75) is 505 Å². The van der Waals surface area contributed by atoms with E-state index in [2.05, 4.69) is 606 Å². The lowest BCUT2D eigenvalue weighted by Crippen LogP contribution is -2.43. The van der Waals surface area contributed by atoms with E-state index in [9.17, 15) is 0 Å². The molecule has 0 saturated carbocycles. The Morgan fingerprint density at radius 1 is 0.116 bits per heavy atom. The van der Waals surface area contributed by atoms with E-state index in [-0.39, 0.29) is 0 Å². The highest BCUT2D eigenvalue weighted by molar-refractivity contribution is 6.94.